The van der Waals surface area contributed by atoms with Crippen molar-refractivity contribution in [1.82, 2.24) is 10.5 Å². The molecule has 1 aromatic heterocycles. The maximum Gasteiger partial charge on any atom is 0.321 e. The monoisotopic (exact) mass is 261 g/mol. The highest BCUT2D eigenvalue weighted by molar-refractivity contribution is 5.87. The second-order valence-electron chi connectivity index (χ2n) is 4.80. The van der Waals surface area contributed by atoms with Crippen LogP contribution in [0, 0.1) is 0 Å². The quantitative estimate of drug-likeness (QED) is 0.830. The molecule has 0 aliphatic heterocycles. The van der Waals surface area contributed by atoms with Crippen LogP contribution in [0.15, 0.2) is 24.4 Å². The summed E-state index contributed by atoms with van der Waals surface area (Å²) in [7, 11) is 4.02. The summed E-state index contributed by atoms with van der Waals surface area (Å²) < 4.78 is 0. The molecule has 1 aromatic carbocycles. The Morgan fingerprint density at radius 1 is 1.42 bits per heavy atom. The fraction of sp³-hybridized carbons (Fsp3) is 0.357. The normalized spacial score (nSPS) is 12.4. The third-order valence-corrected chi connectivity index (χ3v) is 3.06. The average Bonchev–Trinajstić information content (AvgIpc) is 2.78. The fourth-order valence-electron chi connectivity index (χ4n) is 2.00. The Kier molecular flexibility index (Phi) is 3.76. The van der Waals surface area contributed by atoms with Gasteiger partial charge in [-0.15, -0.1) is 5.48 Å². The smallest absolute Gasteiger partial charge is 0.321 e. The van der Waals surface area contributed by atoms with Gasteiger partial charge in [-0.05, 0) is 30.7 Å². The molecule has 0 spiro atoms. The van der Waals surface area contributed by atoms with Gasteiger partial charge in [0.1, 0.15) is 0 Å². The van der Waals surface area contributed by atoms with Gasteiger partial charge in [-0.2, -0.15) is 0 Å². The van der Waals surface area contributed by atoms with Gasteiger partial charge in [0.25, 0.3) is 0 Å². The fourth-order valence-corrected chi connectivity index (χ4v) is 2.00. The summed E-state index contributed by atoms with van der Waals surface area (Å²) in [6.07, 6.45) is 1.94. The Bertz CT molecular complexity index is 589. The molecule has 0 aliphatic rings. The highest BCUT2D eigenvalue weighted by Crippen LogP contribution is 2.27. The van der Waals surface area contributed by atoms with Crippen LogP contribution in [0.4, 0.5) is 5.69 Å². The number of anilines is 1. The second kappa shape index (κ2) is 5.32. The van der Waals surface area contributed by atoms with E-state index in [2.05, 4.69) is 27.5 Å². The number of nitrogens with one attached hydrogen (secondary N) is 2. The molecule has 2 rings (SSSR count). The van der Waals surface area contributed by atoms with Crippen molar-refractivity contribution in [1.29, 1.82) is 0 Å². The summed E-state index contributed by atoms with van der Waals surface area (Å²) in [5.74, 6) is -0.347. The predicted molar refractivity (Wildman–Crippen MR) is 75.9 cm³/mol. The van der Waals surface area contributed by atoms with Crippen molar-refractivity contribution in [2.24, 2.45) is 0 Å². The topological polar surface area (TPSA) is 57.4 Å². The molecule has 0 radical (unpaired) electrons. The summed E-state index contributed by atoms with van der Waals surface area (Å²) in [4.78, 5) is 20.9. The van der Waals surface area contributed by atoms with Crippen LogP contribution in [0.5, 0.6) is 0 Å². The van der Waals surface area contributed by atoms with E-state index in [4.69, 9.17) is 4.84 Å². The Morgan fingerprint density at radius 3 is 2.79 bits per heavy atom. The van der Waals surface area contributed by atoms with Crippen molar-refractivity contribution in [3.8, 4) is 0 Å². The highest BCUT2D eigenvalue weighted by atomic mass is 16.7. The van der Waals surface area contributed by atoms with E-state index in [0.717, 1.165) is 22.2 Å². The lowest BCUT2D eigenvalue weighted by molar-refractivity contribution is -0.150. The van der Waals surface area contributed by atoms with E-state index in [1.165, 1.54) is 6.92 Å². The van der Waals surface area contributed by atoms with Gasteiger partial charge in [0.2, 0.25) is 0 Å². The molecule has 0 saturated heterocycles. The average molecular weight is 261 g/mol. The van der Waals surface area contributed by atoms with Crippen LogP contribution in [0.25, 0.3) is 10.9 Å². The zero-order valence-electron chi connectivity index (χ0n) is 11.7. The molecule has 5 heteroatoms. The standard InChI is InChI=1S/C14H19N3O2/c1-9(16-19-10(2)18)13-8-15-14-6-5-11(17(3)4)7-12(13)14/h5-9,15-16H,1-4H3. The molecule has 0 fully saturated rings. The van der Waals surface area contributed by atoms with Crippen LogP contribution < -0.4 is 10.4 Å². The number of rotatable bonds is 4. The summed E-state index contributed by atoms with van der Waals surface area (Å²) in [5.41, 5.74) is 6.01. The van der Waals surface area contributed by atoms with Crippen LogP contribution in [0.3, 0.4) is 0 Å². The van der Waals surface area contributed by atoms with E-state index in [1.807, 2.05) is 33.3 Å². The van der Waals surface area contributed by atoms with Gasteiger partial charge in [-0.1, -0.05) is 0 Å². The molecule has 1 unspecified atom stereocenters. The van der Waals surface area contributed by atoms with E-state index in [1.54, 1.807) is 0 Å². The first kappa shape index (κ1) is 13.4. The first-order valence-electron chi connectivity index (χ1n) is 6.20. The minimum absolute atomic E-state index is 0.0740. The van der Waals surface area contributed by atoms with Crippen LogP contribution in [-0.4, -0.2) is 25.0 Å². The molecular formula is C14H19N3O2. The summed E-state index contributed by atoms with van der Waals surface area (Å²) in [5, 5.41) is 1.12. The number of carbonyl (C=O) groups is 1. The van der Waals surface area contributed by atoms with E-state index < -0.39 is 0 Å². The highest BCUT2D eigenvalue weighted by Gasteiger charge is 2.13. The number of benzene rings is 1. The number of hydrogen-bond acceptors (Lipinski definition) is 4. The van der Waals surface area contributed by atoms with E-state index in [9.17, 15) is 4.79 Å². The summed E-state index contributed by atoms with van der Waals surface area (Å²) in [6.45, 7) is 3.33. The van der Waals surface area contributed by atoms with Crippen LogP contribution in [0.2, 0.25) is 0 Å². The van der Waals surface area contributed by atoms with E-state index >= 15 is 0 Å². The number of aromatic nitrogens is 1. The Balaban J connectivity index is 2.32. The Labute approximate surface area is 112 Å². The maximum absolute atomic E-state index is 10.8. The molecule has 5 nitrogen and oxygen atoms in total. The van der Waals surface area contributed by atoms with E-state index in [-0.39, 0.29) is 12.0 Å². The molecule has 0 bridgehead atoms. The SMILES string of the molecule is CC(=O)ONC(C)c1c[nH]c2ccc(N(C)C)cc12. The molecule has 0 amide bonds. The second-order valence-corrected chi connectivity index (χ2v) is 4.80. The first-order valence-corrected chi connectivity index (χ1v) is 6.20. The van der Waals surface area contributed by atoms with Gasteiger partial charge >= 0.3 is 5.97 Å². The molecule has 2 N–H and O–H groups in total. The van der Waals surface area contributed by atoms with Crippen LogP contribution in [-0.2, 0) is 9.63 Å². The number of H-pyrrole nitrogens is 1. The zero-order valence-corrected chi connectivity index (χ0v) is 11.7. The molecule has 19 heavy (non-hydrogen) atoms. The number of fused-ring (bicyclic) bond motifs is 1. The first-order chi connectivity index (χ1) is 8.99. The summed E-state index contributed by atoms with van der Waals surface area (Å²) in [6, 6.07) is 6.15. The van der Waals surface area contributed by atoms with Crippen molar-refractivity contribution in [3.05, 3.63) is 30.0 Å². The number of aromatic amines is 1. The minimum Gasteiger partial charge on any atom is -0.378 e. The van der Waals surface area contributed by atoms with E-state index in [0.29, 0.717) is 0 Å². The van der Waals surface area contributed by atoms with Crippen LogP contribution in [0.1, 0.15) is 25.5 Å². The maximum atomic E-state index is 10.8. The third kappa shape index (κ3) is 2.88. The number of hydrogen-bond donors (Lipinski definition) is 2. The van der Waals surface area contributed by atoms with Crippen molar-refractivity contribution in [2.45, 2.75) is 19.9 Å². The lowest BCUT2D eigenvalue weighted by Gasteiger charge is -2.14. The Morgan fingerprint density at radius 2 is 2.16 bits per heavy atom. The van der Waals surface area contributed by atoms with Gasteiger partial charge in [0.15, 0.2) is 0 Å². The van der Waals surface area contributed by atoms with Gasteiger partial charge < -0.3 is 14.7 Å². The molecule has 1 atom stereocenters. The third-order valence-electron chi connectivity index (χ3n) is 3.06. The Hall–Kier alpha value is -2.01. The van der Waals surface area contributed by atoms with Crippen LogP contribution >= 0.6 is 0 Å². The lowest BCUT2D eigenvalue weighted by Crippen LogP contribution is -2.21. The molecule has 0 saturated carbocycles. The molecule has 102 valence electrons. The number of hydroxylamine groups is 1. The van der Waals surface area contributed by atoms with Crippen molar-refractivity contribution in [2.75, 3.05) is 19.0 Å². The molecule has 1 heterocycles. The predicted octanol–water partition coefficient (Wildman–Crippen LogP) is 2.36. The van der Waals surface area contributed by atoms with Crippen molar-refractivity contribution in [3.63, 3.8) is 0 Å². The number of nitrogens with zero attached hydrogens (tertiary/aromatic N) is 1. The minimum atomic E-state index is -0.347. The van der Waals surface area contributed by atoms with Crippen molar-refractivity contribution < 1.29 is 9.63 Å². The van der Waals surface area contributed by atoms with Crippen molar-refractivity contribution >= 4 is 22.6 Å². The number of carbonyl (C=O) groups excluding carboxylic acids is 1. The van der Waals surface area contributed by atoms with Gasteiger partial charge in [0, 0.05) is 43.8 Å². The van der Waals surface area contributed by atoms with Gasteiger partial charge in [-0.25, -0.2) is 0 Å². The zero-order chi connectivity index (χ0) is 14.0. The largest absolute Gasteiger partial charge is 0.378 e. The summed E-state index contributed by atoms with van der Waals surface area (Å²) >= 11 is 0. The lowest BCUT2D eigenvalue weighted by atomic mass is 10.1. The molecular weight excluding hydrogens is 242 g/mol. The molecule has 0 aliphatic carbocycles. The molecule has 2 aromatic rings. The van der Waals surface area contributed by atoms with Gasteiger partial charge in [0.05, 0.1) is 6.04 Å². The van der Waals surface area contributed by atoms with Gasteiger partial charge in [-0.3, -0.25) is 4.79 Å².